The summed E-state index contributed by atoms with van der Waals surface area (Å²) in [5.41, 5.74) is 3.55. The molecule has 3 N–H and O–H groups in total. The van der Waals surface area contributed by atoms with E-state index in [2.05, 4.69) is 10.6 Å². The van der Waals surface area contributed by atoms with Gasteiger partial charge in [-0.25, -0.2) is 4.79 Å². The third kappa shape index (κ3) is 8.72. The summed E-state index contributed by atoms with van der Waals surface area (Å²) in [5, 5.41) is 15.6. The van der Waals surface area contributed by atoms with Gasteiger partial charge in [0.2, 0.25) is 0 Å². The summed E-state index contributed by atoms with van der Waals surface area (Å²) in [6.45, 7) is 0. The first-order chi connectivity index (χ1) is 19.8. The Morgan fingerprint density at radius 2 is 1.46 bits per heavy atom. The molecule has 41 heavy (non-hydrogen) atoms. The highest BCUT2D eigenvalue weighted by atomic mass is 35.5. The van der Waals surface area contributed by atoms with Gasteiger partial charge < -0.3 is 15.7 Å². The molecule has 0 saturated heterocycles. The third-order valence-corrected chi connectivity index (χ3v) is 7.68. The first kappa shape index (κ1) is 29.9. The molecule has 4 aromatic rings. The average molecular weight is 606 g/mol. The number of halogens is 2. The minimum absolute atomic E-state index is 0.125. The molecule has 0 saturated carbocycles. The molecule has 4 rings (SSSR count). The molecular weight excluding hydrogens is 579 g/mol. The van der Waals surface area contributed by atoms with Gasteiger partial charge in [0, 0.05) is 27.1 Å². The number of hydrogen-bond acceptors (Lipinski definition) is 4. The van der Waals surface area contributed by atoms with Gasteiger partial charge in [-0.3, -0.25) is 9.59 Å². The van der Waals surface area contributed by atoms with Crippen LogP contribution in [-0.4, -0.2) is 34.7 Å². The van der Waals surface area contributed by atoms with E-state index in [0.717, 1.165) is 16.7 Å². The van der Waals surface area contributed by atoms with Gasteiger partial charge in [-0.05, 0) is 52.6 Å². The standard InChI is InChI=1S/C32H26Cl2N2O4S/c33-26-16-15-25(27(34)18-26)17-28(31(38)36-29(32(39)40)20-41-19-21-7-3-1-4-8-21)35-30(37)24-13-11-23(12-14-24)22-9-5-2-6-10-22/h1-18,29H,19-20H2,(H,35,37)(H,36,38)(H,39,40)/t29-/m0/s1. The van der Waals surface area contributed by atoms with Crippen LogP contribution < -0.4 is 10.6 Å². The average Bonchev–Trinajstić information content (AvgIpc) is 2.98. The fourth-order valence-electron chi connectivity index (χ4n) is 3.85. The van der Waals surface area contributed by atoms with Gasteiger partial charge in [-0.1, -0.05) is 102 Å². The fraction of sp³-hybridized carbons (Fsp3) is 0.0938. The van der Waals surface area contributed by atoms with Gasteiger partial charge in [0.15, 0.2) is 0 Å². The summed E-state index contributed by atoms with van der Waals surface area (Å²) in [6, 6.07) is 29.8. The molecule has 0 aromatic heterocycles. The van der Waals surface area contributed by atoms with Crippen molar-refractivity contribution in [3.63, 3.8) is 0 Å². The summed E-state index contributed by atoms with van der Waals surface area (Å²) in [6.07, 6.45) is 1.39. The van der Waals surface area contributed by atoms with Gasteiger partial charge in [0.05, 0.1) is 0 Å². The minimum Gasteiger partial charge on any atom is -0.480 e. The van der Waals surface area contributed by atoms with Gasteiger partial charge in [0.25, 0.3) is 11.8 Å². The highest BCUT2D eigenvalue weighted by Crippen LogP contribution is 2.24. The Labute approximate surface area is 252 Å². The first-order valence-electron chi connectivity index (χ1n) is 12.6. The Bertz CT molecular complexity index is 1550. The largest absolute Gasteiger partial charge is 0.480 e. The Hall–Kier alpha value is -4.04. The second-order valence-corrected chi connectivity index (χ2v) is 10.9. The quantitative estimate of drug-likeness (QED) is 0.161. The van der Waals surface area contributed by atoms with Crippen LogP contribution >= 0.6 is 35.0 Å². The maximum absolute atomic E-state index is 13.3. The van der Waals surface area contributed by atoms with Crippen molar-refractivity contribution in [1.82, 2.24) is 10.6 Å². The van der Waals surface area contributed by atoms with Crippen LogP contribution in [0.4, 0.5) is 0 Å². The van der Waals surface area contributed by atoms with Gasteiger partial charge in [-0.15, -0.1) is 0 Å². The number of carboxylic acids is 1. The number of hydrogen-bond donors (Lipinski definition) is 3. The molecule has 2 amide bonds. The van der Waals surface area contributed by atoms with E-state index < -0.39 is 23.8 Å². The number of nitrogens with one attached hydrogen (secondary N) is 2. The van der Waals surface area contributed by atoms with E-state index in [0.29, 0.717) is 21.9 Å². The number of carboxylic acid groups (broad SMARTS) is 1. The molecule has 0 aliphatic carbocycles. The predicted molar refractivity (Wildman–Crippen MR) is 166 cm³/mol. The highest BCUT2D eigenvalue weighted by Gasteiger charge is 2.23. The first-order valence-corrected chi connectivity index (χ1v) is 14.5. The van der Waals surface area contributed by atoms with Crippen molar-refractivity contribution in [3.05, 3.63) is 136 Å². The molecule has 0 bridgehead atoms. The zero-order chi connectivity index (χ0) is 29.2. The molecule has 0 spiro atoms. The summed E-state index contributed by atoms with van der Waals surface area (Å²) in [5.74, 6) is -1.79. The van der Waals surface area contributed by atoms with E-state index in [4.69, 9.17) is 23.2 Å². The van der Waals surface area contributed by atoms with Crippen molar-refractivity contribution in [2.24, 2.45) is 0 Å². The van der Waals surface area contributed by atoms with Gasteiger partial charge in [0.1, 0.15) is 11.7 Å². The van der Waals surface area contributed by atoms with Crippen LogP contribution in [0.5, 0.6) is 0 Å². The van der Waals surface area contributed by atoms with Crippen LogP contribution in [0.25, 0.3) is 17.2 Å². The smallest absolute Gasteiger partial charge is 0.327 e. The van der Waals surface area contributed by atoms with E-state index in [9.17, 15) is 19.5 Å². The second-order valence-electron chi connectivity index (χ2n) is 8.99. The number of amides is 2. The number of thioether (sulfide) groups is 1. The van der Waals surface area contributed by atoms with Crippen molar-refractivity contribution in [3.8, 4) is 11.1 Å². The number of rotatable bonds is 11. The van der Waals surface area contributed by atoms with E-state index in [1.54, 1.807) is 24.3 Å². The van der Waals surface area contributed by atoms with Crippen molar-refractivity contribution >= 4 is 58.8 Å². The Morgan fingerprint density at radius 1 is 0.829 bits per heavy atom. The third-order valence-electron chi connectivity index (χ3n) is 6.01. The second kappa shape index (κ2) is 14.6. The van der Waals surface area contributed by atoms with Crippen molar-refractivity contribution in [1.29, 1.82) is 0 Å². The lowest BCUT2D eigenvalue weighted by Crippen LogP contribution is -2.45. The van der Waals surface area contributed by atoms with E-state index in [1.165, 1.54) is 23.9 Å². The van der Waals surface area contributed by atoms with E-state index in [-0.39, 0.29) is 16.5 Å². The number of benzene rings is 4. The Morgan fingerprint density at radius 3 is 2.10 bits per heavy atom. The van der Waals surface area contributed by atoms with E-state index in [1.807, 2.05) is 72.8 Å². The normalized spacial score (nSPS) is 11.9. The van der Waals surface area contributed by atoms with Crippen molar-refractivity contribution in [2.45, 2.75) is 11.8 Å². The van der Waals surface area contributed by atoms with Crippen molar-refractivity contribution < 1.29 is 19.5 Å². The molecule has 0 fully saturated rings. The molecule has 0 unspecified atom stereocenters. The summed E-state index contributed by atoms with van der Waals surface area (Å²) >= 11 is 13.7. The van der Waals surface area contributed by atoms with Crippen LogP contribution in [0.15, 0.2) is 109 Å². The zero-order valence-corrected chi connectivity index (χ0v) is 24.0. The highest BCUT2D eigenvalue weighted by molar-refractivity contribution is 7.98. The molecule has 0 heterocycles. The molecular formula is C32H26Cl2N2O4S. The monoisotopic (exact) mass is 604 g/mol. The molecule has 4 aromatic carbocycles. The SMILES string of the molecule is O=C(N[C@@H](CSCc1ccccc1)C(=O)O)C(=Cc1ccc(Cl)cc1Cl)NC(=O)c1ccc(-c2ccccc2)cc1. The summed E-state index contributed by atoms with van der Waals surface area (Å²) in [7, 11) is 0. The van der Waals surface area contributed by atoms with Crippen LogP contribution in [-0.2, 0) is 15.3 Å². The van der Waals surface area contributed by atoms with Gasteiger partial charge >= 0.3 is 5.97 Å². The summed E-state index contributed by atoms with van der Waals surface area (Å²) < 4.78 is 0. The molecule has 6 nitrogen and oxygen atoms in total. The van der Waals surface area contributed by atoms with Crippen molar-refractivity contribution in [2.75, 3.05) is 5.75 Å². The molecule has 1 atom stereocenters. The Kier molecular flexibility index (Phi) is 10.6. The minimum atomic E-state index is -1.19. The van der Waals surface area contributed by atoms with Crippen LogP contribution in [0.1, 0.15) is 21.5 Å². The molecule has 0 aliphatic heterocycles. The molecule has 208 valence electrons. The molecule has 0 radical (unpaired) electrons. The Balaban J connectivity index is 1.52. The van der Waals surface area contributed by atoms with Crippen LogP contribution in [0.3, 0.4) is 0 Å². The maximum atomic E-state index is 13.3. The van der Waals surface area contributed by atoms with Crippen LogP contribution in [0, 0.1) is 0 Å². The van der Waals surface area contributed by atoms with Crippen LogP contribution in [0.2, 0.25) is 10.0 Å². The lowest BCUT2D eigenvalue weighted by Gasteiger charge is -2.17. The topological polar surface area (TPSA) is 95.5 Å². The predicted octanol–water partition coefficient (Wildman–Crippen LogP) is 6.93. The fourth-order valence-corrected chi connectivity index (χ4v) is 5.32. The summed E-state index contributed by atoms with van der Waals surface area (Å²) in [4.78, 5) is 38.5. The van der Waals surface area contributed by atoms with E-state index >= 15 is 0 Å². The van der Waals surface area contributed by atoms with Gasteiger partial charge in [-0.2, -0.15) is 11.8 Å². The zero-order valence-electron chi connectivity index (χ0n) is 21.7. The number of aliphatic carboxylic acids is 1. The molecule has 9 heteroatoms. The lowest BCUT2D eigenvalue weighted by molar-refractivity contribution is -0.140. The molecule has 0 aliphatic rings. The maximum Gasteiger partial charge on any atom is 0.327 e. The number of carbonyl (C=O) groups excluding carboxylic acids is 2. The number of carbonyl (C=O) groups is 3. The lowest BCUT2D eigenvalue weighted by atomic mass is 10.0.